The Morgan fingerprint density at radius 3 is 3.12 bits per heavy atom. The van der Waals surface area contributed by atoms with E-state index in [0.29, 0.717) is 6.04 Å². The third-order valence-electron chi connectivity index (χ3n) is 3.18. The van der Waals surface area contributed by atoms with Gasteiger partial charge in [-0.3, -0.25) is 0 Å². The lowest BCUT2D eigenvalue weighted by atomic mass is 10.3. The number of fused-ring (bicyclic) bond motifs is 1. The monoisotopic (exact) mass is 295 g/mol. The summed E-state index contributed by atoms with van der Waals surface area (Å²) in [5.41, 5.74) is 0.871. The molecule has 5 nitrogen and oxygen atoms in total. The van der Waals surface area contributed by atoms with Crippen molar-refractivity contribution in [3.05, 3.63) is 22.8 Å². The van der Waals surface area contributed by atoms with Gasteiger partial charge in [0.15, 0.2) is 5.65 Å². The second-order valence-electron chi connectivity index (χ2n) is 4.26. The van der Waals surface area contributed by atoms with Crippen LogP contribution in [0.25, 0.3) is 5.65 Å². The Balaban J connectivity index is 1.94. The first-order chi connectivity index (χ1) is 8.28. The van der Waals surface area contributed by atoms with Crippen LogP contribution >= 0.6 is 15.9 Å². The zero-order chi connectivity index (χ0) is 11.8. The van der Waals surface area contributed by atoms with E-state index < -0.39 is 0 Å². The Kier molecular flexibility index (Phi) is 2.76. The Labute approximate surface area is 108 Å². The highest BCUT2D eigenvalue weighted by Crippen LogP contribution is 2.21. The molecule has 0 aliphatic carbocycles. The van der Waals surface area contributed by atoms with Gasteiger partial charge in [0.05, 0.1) is 4.47 Å². The van der Waals surface area contributed by atoms with Crippen LogP contribution in [0.3, 0.4) is 0 Å². The second-order valence-corrected chi connectivity index (χ2v) is 5.11. The van der Waals surface area contributed by atoms with Crippen LogP contribution in [0.1, 0.15) is 6.42 Å². The van der Waals surface area contributed by atoms with Crippen LogP contribution < -0.4 is 10.2 Å². The molecule has 0 amide bonds. The van der Waals surface area contributed by atoms with E-state index in [1.165, 1.54) is 0 Å². The lowest BCUT2D eigenvalue weighted by Gasteiger charge is -2.12. The van der Waals surface area contributed by atoms with E-state index in [1.54, 1.807) is 0 Å². The Bertz CT molecular complexity index is 538. The predicted molar refractivity (Wildman–Crippen MR) is 70.4 cm³/mol. The molecule has 1 saturated heterocycles. The predicted octanol–water partition coefficient (Wildman–Crippen LogP) is 1.29. The average molecular weight is 296 g/mol. The zero-order valence-electron chi connectivity index (χ0n) is 9.60. The summed E-state index contributed by atoms with van der Waals surface area (Å²) in [6.45, 7) is 1.99. The van der Waals surface area contributed by atoms with Crippen LogP contribution in [-0.2, 0) is 0 Å². The van der Waals surface area contributed by atoms with Crippen molar-refractivity contribution in [2.45, 2.75) is 12.5 Å². The largest absolute Gasteiger partial charge is 0.338 e. The van der Waals surface area contributed by atoms with Crippen molar-refractivity contribution in [3.8, 4) is 0 Å². The zero-order valence-corrected chi connectivity index (χ0v) is 11.2. The molecule has 0 radical (unpaired) electrons. The maximum atomic E-state index is 4.57. The second kappa shape index (κ2) is 4.27. The topological polar surface area (TPSA) is 45.5 Å². The van der Waals surface area contributed by atoms with Gasteiger partial charge in [-0.15, -0.1) is 5.10 Å². The molecule has 1 aliphatic heterocycles. The standard InChI is InChI=1S/C11H14BrN5/c1-13-8-4-6-16(7-8)11-14-10-9(12)3-2-5-17(10)15-11/h2-3,5,8,13H,4,6-7H2,1H3. The first kappa shape index (κ1) is 11.0. The highest BCUT2D eigenvalue weighted by atomic mass is 79.9. The van der Waals surface area contributed by atoms with E-state index in [0.717, 1.165) is 35.6 Å². The molecule has 2 aromatic rings. The molecule has 3 rings (SSSR count). The number of nitrogens with one attached hydrogen (secondary N) is 1. The van der Waals surface area contributed by atoms with Gasteiger partial charge in [0.2, 0.25) is 5.95 Å². The molecule has 2 aromatic heterocycles. The molecule has 1 fully saturated rings. The normalized spacial score (nSPS) is 20.4. The number of pyridine rings is 1. The van der Waals surface area contributed by atoms with Gasteiger partial charge in [-0.1, -0.05) is 0 Å². The number of likely N-dealkylation sites (N-methyl/N-ethyl adjacent to an activating group) is 1. The van der Waals surface area contributed by atoms with Gasteiger partial charge in [-0.2, -0.15) is 4.98 Å². The van der Waals surface area contributed by atoms with Crippen LogP contribution in [-0.4, -0.2) is 40.8 Å². The van der Waals surface area contributed by atoms with Gasteiger partial charge < -0.3 is 10.2 Å². The third-order valence-corrected chi connectivity index (χ3v) is 3.80. The van der Waals surface area contributed by atoms with Crippen molar-refractivity contribution >= 4 is 27.5 Å². The fraction of sp³-hybridized carbons (Fsp3) is 0.455. The molecule has 0 saturated carbocycles. The van der Waals surface area contributed by atoms with E-state index in [4.69, 9.17) is 0 Å². The van der Waals surface area contributed by atoms with E-state index in [9.17, 15) is 0 Å². The van der Waals surface area contributed by atoms with Crippen LogP contribution in [0.4, 0.5) is 5.95 Å². The minimum Gasteiger partial charge on any atom is -0.338 e. The first-order valence-corrected chi connectivity index (χ1v) is 6.50. The molecule has 3 heterocycles. The molecule has 0 spiro atoms. The number of halogens is 1. The molecule has 1 N–H and O–H groups in total. The molecule has 0 aromatic carbocycles. The van der Waals surface area contributed by atoms with Gasteiger partial charge in [0, 0.05) is 25.3 Å². The summed E-state index contributed by atoms with van der Waals surface area (Å²) in [5.74, 6) is 0.814. The number of rotatable bonds is 2. The van der Waals surface area contributed by atoms with Crippen molar-refractivity contribution in [2.75, 3.05) is 25.0 Å². The maximum Gasteiger partial charge on any atom is 0.245 e. The summed E-state index contributed by atoms with van der Waals surface area (Å²) < 4.78 is 2.79. The van der Waals surface area contributed by atoms with Crippen molar-refractivity contribution in [3.63, 3.8) is 0 Å². The number of aromatic nitrogens is 3. The summed E-state index contributed by atoms with van der Waals surface area (Å²) in [6, 6.07) is 4.48. The molecule has 1 atom stereocenters. The fourth-order valence-electron chi connectivity index (χ4n) is 2.17. The summed E-state index contributed by atoms with van der Waals surface area (Å²) in [6.07, 6.45) is 3.06. The van der Waals surface area contributed by atoms with Crippen LogP contribution in [0, 0.1) is 0 Å². The number of anilines is 1. The van der Waals surface area contributed by atoms with Gasteiger partial charge in [0.1, 0.15) is 0 Å². The van der Waals surface area contributed by atoms with Gasteiger partial charge in [-0.25, -0.2) is 4.52 Å². The van der Waals surface area contributed by atoms with E-state index in [-0.39, 0.29) is 0 Å². The smallest absolute Gasteiger partial charge is 0.245 e. The molecular formula is C11H14BrN5. The minimum absolute atomic E-state index is 0.546. The van der Waals surface area contributed by atoms with Crippen LogP contribution in [0.5, 0.6) is 0 Å². The van der Waals surface area contributed by atoms with Crippen molar-refractivity contribution in [1.29, 1.82) is 0 Å². The number of hydrogen-bond donors (Lipinski definition) is 1. The Morgan fingerprint density at radius 1 is 1.53 bits per heavy atom. The van der Waals surface area contributed by atoms with E-state index >= 15 is 0 Å². The maximum absolute atomic E-state index is 4.57. The summed E-state index contributed by atoms with van der Waals surface area (Å²) in [4.78, 5) is 6.79. The fourth-order valence-corrected chi connectivity index (χ4v) is 2.60. The minimum atomic E-state index is 0.546. The third kappa shape index (κ3) is 1.91. The van der Waals surface area contributed by atoms with Gasteiger partial charge in [0.25, 0.3) is 0 Å². The Hall–Kier alpha value is -1.14. The summed E-state index contributed by atoms with van der Waals surface area (Å²) in [5, 5.41) is 7.79. The SMILES string of the molecule is CNC1CCN(c2nc3c(Br)cccn3n2)C1. The molecular weight excluding hydrogens is 282 g/mol. The van der Waals surface area contributed by atoms with Crippen LogP contribution in [0.15, 0.2) is 22.8 Å². The van der Waals surface area contributed by atoms with E-state index in [1.807, 2.05) is 29.9 Å². The molecule has 90 valence electrons. The van der Waals surface area contributed by atoms with Crippen LogP contribution in [0.2, 0.25) is 0 Å². The average Bonchev–Trinajstić information content (AvgIpc) is 2.95. The lowest BCUT2D eigenvalue weighted by molar-refractivity contribution is 0.616. The van der Waals surface area contributed by atoms with Crippen molar-refractivity contribution < 1.29 is 0 Å². The molecule has 0 bridgehead atoms. The molecule has 6 heteroatoms. The Morgan fingerprint density at radius 2 is 2.41 bits per heavy atom. The van der Waals surface area contributed by atoms with E-state index in [2.05, 4.69) is 36.2 Å². The lowest BCUT2D eigenvalue weighted by Crippen LogP contribution is -2.29. The quantitative estimate of drug-likeness (QED) is 0.907. The summed E-state index contributed by atoms with van der Waals surface area (Å²) in [7, 11) is 2.00. The van der Waals surface area contributed by atoms with Gasteiger partial charge in [-0.05, 0) is 41.5 Å². The highest BCUT2D eigenvalue weighted by Gasteiger charge is 2.24. The summed E-state index contributed by atoms with van der Waals surface area (Å²) >= 11 is 3.49. The highest BCUT2D eigenvalue weighted by molar-refractivity contribution is 9.10. The van der Waals surface area contributed by atoms with Crippen molar-refractivity contribution in [2.24, 2.45) is 0 Å². The first-order valence-electron chi connectivity index (χ1n) is 5.71. The number of hydrogen-bond acceptors (Lipinski definition) is 4. The number of nitrogens with zero attached hydrogens (tertiary/aromatic N) is 4. The van der Waals surface area contributed by atoms with Crippen molar-refractivity contribution in [1.82, 2.24) is 19.9 Å². The molecule has 1 aliphatic rings. The molecule has 17 heavy (non-hydrogen) atoms. The van der Waals surface area contributed by atoms with Gasteiger partial charge >= 0.3 is 0 Å². The molecule has 1 unspecified atom stereocenters.